The molecule has 0 heterocycles. The van der Waals surface area contributed by atoms with Crippen molar-refractivity contribution in [1.82, 2.24) is 9.62 Å². The number of hydrogen-bond acceptors (Lipinski definition) is 3. The van der Waals surface area contributed by atoms with Gasteiger partial charge in [-0.2, -0.15) is 4.31 Å². The van der Waals surface area contributed by atoms with Gasteiger partial charge in [-0.15, -0.1) is 0 Å². The summed E-state index contributed by atoms with van der Waals surface area (Å²) < 4.78 is 26.2. The van der Waals surface area contributed by atoms with E-state index in [1.165, 1.54) is 22.9 Å². The number of sulfonamides is 1. The summed E-state index contributed by atoms with van der Waals surface area (Å²) in [6.45, 7) is 5.86. The highest BCUT2D eigenvalue weighted by molar-refractivity contribution is 7.89. The second-order valence-electron chi connectivity index (χ2n) is 7.08. The number of carbonyl (C=O) groups excluding carboxylic acids is 1. The van der Waals surface area contributed by atoms with Crippen LogP contribution in [0.1, 0.15) is 56.8 Å². The normalized spacial score (nSPS) is 21.9. The number of amides is 1. The molecule has 0 aromatic heterocycles. The predicted molar refractivity (Wildman–Crippen MR) is 95.4 cm³/mol. The Hall–Kier alpha value is -1.40. The van der Waals surface area contributed by atoms with Gasteiger partial charge in [-0.3, -0.25) is 4.79 Å². The molecule has 2 rings (SSSR count). The fourth-order valence-corrected chi connectivity index (χ4v) is 4.42. The first-order chi connectivity index (χ1) is 11.2. The lowest BCUT2D eigenvalue weighted by atomic mass is 9.87. The zero-order valence-electron chi connectivity index (χ0n) is 15.0. The van der Waals surface area contributed by atoms with Crippen molar-refractivity contribution in [2.45, 2.75) is 63.4 Å². The highest BCUT2D eigenvalue weighted by Crippen LogP contribution is 2.24. The number of nitrogens with zero attached hydrogens (tertiary/aromatic N) is 1. The molecule has 0 bridgehead atoms. The summed E-state index contributed by atoms with van der Waals surface area (Å²) in [5.74, 6) is 0.512. The van der Waals surface area contributed by atoms with Gasteiger partial charge in [0.1, 0.15) is 0 Å². The molecule has 5 nitrogen and oxygen atoms in total. The molecule has 1 fully saturated rings. The van der Waals surface area contributed by atoms with Gasteiger partial charge in [-0.1, -0.05) is 19.8 Å². The molecule has 1 aliphatic rings. The fourth-order valence-electron chi connectivity index (χ4n) is 3.06. The molecule has 134 valence electrons. The molecule has 1 aromatic carbocycles. The highest BCUT2D eigenvalue weighted by atomic mass is 32.2. The topological polar surface area (TPSA) is 66.5 Å². The summed E-state index contributed by atoms with van der Waals surface area (Å²) in [5, 5.41) is 3.07. The summed E-state index contributed by atoms with van der Waals surface area (Å²) in [6.07, 6.45) is 4.40. The molecule has 6 heteroatoms. The third kappa shape index (κ3) is 4.36. The summed E-state index contributed by atoms with van der Waals surface area (Å²) in [6, 6.07) is 6.29. The van der Waals surface area contributed by atoms with Crippen molar-refractivity contribution >= 4 is 15.9 Å². The van der Waals surface area contributed by atoms with Crippen molar-refractivity contribution in [3.63, 3.8) is 0 Å². The maximum Gasteiger partial charge on any atom is 0.251 e. The summed E-state index contributed by atoms with van der Waals surface area (Å²) in [4.78, 5) is 12.6. The first-order valence-electron chi connectivity index (χ1n) is 8.60. The quantitative estimate of drug-likeness (QED) is 0.886. The van der Waals surface area contributed by atoms with Crippen LogP contribution in [-0.4, -0.2) is 37.8 Å². The molecule has 1 N–H and O–H groups in total. The van der Waals surface area contributed by atoms with E-state index in [4.69, 9.17) is 0 Å². The van der Waals surface area contributed by atoms with Crippen molar-refractivity contribution in [3.8, 4) is 0 Å². The summed E-state index contributed by atoms with van der Waals surface area (Å²) in [7, 11) is -1.95. The third-order valence-corrected chi connectivity index (χ3v) is 6.84. The Bertz CT molecular complexity index is 668. The molecule has 0 aliphatic heterocycles. The van der Waals surface area contributed by atoms with E-state index in [1.807, 2.05) is 13.8 Å². The summed E-state index contributed by atoms with van der Waals surface area (Å²) >= 11 is 0. The minimum atomic E-state index is -3.51. The molecule has 0 unspecified atom stereocenters. The molecule has 1 saturated carbocycles. The van der Waals surface area contributed by atoms with Crippen LogP contribution in [0.4, 0.5) is 0 Å². The van der Waals surface area contributed by atoms with Crippen molar-refractivity contribution in [3.05, 3.63) is 29.8 Å². The Kier molecular flexibility index (Phi) is 6.04. The monoisotopic (exact) mass is 352 g/mol. The summed E-state index contributed by atoms with van der Waals surface area (Å²) in [5.41, 5.74) is 0.499. The molecular formula is C18H28N2O3S. The van der Waals surface area contributed by atoms with Gasteiger partial charge in [-0.25, -0.2) is 8.42 Å². The van der Waals surface area contributed by atoms with Crippen molar-refractivity contribution in [2.24, 2.45) is 5.92 Å². The van der Waals surface area contributed by atoms with Crippen molar-refractivity contribution < 1.29 is 13.2 Å². The molecule has 1 aromatic rings. The van der Waals surface area contributed by atoms with Gasteiger partial charge >= 0.3 is 0 Å². The van der Waals surface area contributed by atoms with Crippen molar-refractivity contribution in [2.75, 3.05) is 7.05 Å². The molecule has 1 amide bonds. The van der Waals surface area contributed by atoms with E-state index >= 15 is 0 Å². The van der Waals surface area contributed by atoms with Crippen LogP contribution in [0.3, 0.4) is 0 Å². The number of rotatable bonds is 5. The van der Waals surface area contributed by atoms with Gasteiger partial charge in [-0.05, 0) is 56.9 Å². The van der Waals surface area contributed by atoms with Gasteiger partial charge in [0.2, 0.25) is 10.0 Å². The van der Waals surface area contributed by atoms with Crippen LogP contribution in [0.2, 0.25) is 0 Å². The number of hydrogen-bond donors (Lipinski definition) is 1. The first-order valence-corrected chi connectivity index (χ1v) is 10.0. The third-order valence-electron chi connectivity index (χ3n) is 4.79. The van der Waals surface area contributed by atoms with E-state index in [0.29, 0.717) is 11.5 Å². The largest absolute Gasteiger partial charge is 0.349 e. The SMILES string of the molecule is CC(C)N(C)S(=O)(=O)c1ccc(C(=O)N[C@H]2CCC[C@H](C)C2)cc1. The van der Waals surface area contributed by atoms with Gasteiger partial charge in [0, 0.05) is 24.7 Å². The Morgan fingerprint density at radius 1 is 1.21 bits per heavy atom. The van der Waals surface area contributed by atoms with Crippen LogP contribution >= 0.6 is 0 Å². The molecule has 1 aliphatic carbocycles. The van der Waals surface area contributed by atoms with E-state index in [2.05, 4.69) is 12.2 Å². The van der Waals surface area contributed by atoms with E-state index in [-0.39, 0.29) is 22.9 Å². The minimum absolute atomic E-state index is 0.119. The molecule has 0 radical (unpaired) electrons. The van der Waals surface area contributed by atoms with Crippen LogP contribution in [0.25, 0.3) is 0 Å². The average Bonchev–Trinajstić information content (AvgIpc) is 2.54. The Labute approximate surface area is 145 Å². The van der Waals surface area contributed by atoms with Crippen LogP contribution in [-0.2, 0) is 10.0 Å². The number of nitrogens with one attached hydrogen (secondary N) is 1. The van der Waals surface area contributed by atoms with E-state index < -0.39 is 10.0 Å². The minimum Gasteiger partial charge on any atom is -0.349 e. The van der Waals surface area contributed by atoms with E-state index in [0.717, 1.165) is 19.3 Å². The maximum atomic E-state index is 12.4. The predicted octanol–water partition coefficient (Wildman–Crippen LogP) is 3.02. The van der Waals surface area contributed by atoms with Gasteiger partial charge in [0.25, 0.3) is 5.91 Å². The zero-order valence-corrected chi connectivity index (χ0v) is 15.8. The molecule has 0 spiro atoms. The Balaban J connectivity index is 2.07. The second-order valence-corrected chi connectivity index (χ2v) is 9.08. The standard InChI is InChI=1S/C18H28N2O3S/c1-13(2)20(4)24(22,23)17-10-8-15(9-11-17)18(21)19-16-7-5-6-14(3)12-16/h8-11,13-14,16H,5-7,12H2,1-4H3,(H,19,21)/t14-,16-/m0/s1. The Morgan fingerprint density at radius 3 is 2.38 bits per heavy atom. The molecule has 0 saturated heterocycles. The Morgan fingerprint density at radius 2 is 1.83 bits per heavy atom. The van der Waals surface area contributed by atoms with Gasteiger partial charge < -0.3 is 5.32 Å². The van der Waals surface area contributed by atoms with Gasteiger partial charge in [0.05, 0.1) is 4.90 Å². The lowest BCUT2D eigenvalue weighted by Crippen LogP contribution is -2.38. The highest BCUT2D eigenvalue weighted by Gasteiger charge is 2.24. The number of benzene rings is 1. The van der Waals surface area contributed by atoms with Gasteiger partial charge in [0.15, 0.2) is 0 Å². The lowest BCUT2D eigenvalue weighted by Gasteiger charge is -2.27. The zero-order chi connectivity index (χ0) is 17.9. The van der Waals surface area contributed by atoms with Crippen LogP contribution in [0.5, 0.6) is 0 Å². The average molecular weight is 353 g/mol. The lowest BCUT2D eigenvalue weighted by molar-refractivity contribution is 0.0921. The smallest absolute Gasteiger partial charge is 0.251 e. The van der Waals surface area contributed by atoms with Crippen LogP contribution in [0, 0.1) is 5.92 Å². The van der Waals surface area contributed by atoms with E-state index in [1.54, 1.807) is 19.2 Å². The fraction of sp³-hybridized carbons (Fsp3) is 0.611. The van der Waals surface area contributed by atoms with E-state index in [9.17, 15) is 13.2 Å². The molecule has 2 atom stereocenters. The van der Waals surface area contributed by atoms with Crippen molar-refractivity contribution in [1.29, 1.82) is 0 Å². The van der Waals surface area contributed by atoms with Crippen LogP contribution in [0.15, 0.2) is 29.2 Å². The molecule has 24 heavy (non-hydrogen) atoms. The number of carbonyl (C=O) groups is 1. The maximum absolute atomic E-state index is 12.4. The van der Waals surface area contributed by atoms with Crippen LogP contribution < -0.4 is 5.32 Å². The second kappa shape index (κ2) is 7.66. The molecular weight excluding hydrogens is 324 g/mol. The first kappa shape index (κ1) is 18.9.